The number of piperidine rings is 1. The van der Waals surface area contributed by atoms with Crippen LogP contribution in [-0.4, -0.2) is 41.5 Å². The van der Waals surface area contributed by atoms with Crippen LogP contribution in [0.25, 0.3) is 0 Å². The number of ether oxygens (including phenoxy) is 1. The molecular weight excluding hydrogens is 250 g/mol. The molecule has 1 unspecified atom stereocenters. The van der Waals surface area contributed by atoms with Gasteiger partial charge in [0.2, 0.25) is 0 Å². The van der Waals surface area contributed by atoms with Crippen molar-refractivity contribution in [1.82, 2.24) is 4.90 Å². The van der Waals surface area contributed by atoms with E-state index in [2.05, 4.69) is 25.7 Å². The van der Waals surface area contributed by atoms with Crippen molar-refractivity contribution >= 4 is 5.78 Å². The summed E-state index contributed by atoms with van der Waals surface area (Å²) in [6.07, 6.45) is 5.23. The van der Waals surface area contributed by atoms with Gasteiger partial charge in [-0.2, -0.15) is 0 Å². The van der Waals surface area contributed by atoms with E-state index in [0.29, 0.717) is 0 Å². The number of nitrogens with zero attached hydrogens (tertiary/aromatic N) is 1. The molecule has 0 saturated carbocycles. The number of hydrogen-bond acceptors (Lipinski definition) is 3. The van der Waals surface area contributed by atoms with Crippen LogP contribution in [0.4, 0.5) is 0 Å². The molecular formula is C17H31NO2. The van der Waals surface area contributed by atoms with Gasteiger partial charge in [0, 0.05) is 6.54 Å². The number of ketones is 1. The van der Waals surface area contributed by atoms with E-state index in [4.69, 9.17) is 4.74 Å². The lowest BCUT2D eigenvalue weighted by Gasteiger charge is -2.35. The van der Waals surface area contributed by atoms with Crippen LogP contribution in [0.1, 0.15) is 60.3 Å². The summed E-state index contributed by atoms with van der Waals surface area (Å²) < 4.78 is 5.99. The molecule has 2 saturated heterocycles. The number of Topliss-reactive ketones (excluding diaryl/α,β-unsaturated/α-hetero) is 1. The van der Waals surface area contributed by atoms with Gasteiger partial charge in [0.1, 0.15) is 5.60 Å². The topological polar surface area (TPSA) is 29.5 Å². The van der Waals surface area contributed by atoms with Crippen molar-refractivity contribution in [1.29, 1.82) is 0 Å². The van der Waals surface area contributed by atoms with Crippen molar-refractivity contribution in [3.05, 3.63) is 0 Å². The molecule has 2 heterocycles. The van der Waals surface area contributed by atoms with Gasteiger partial charge in [0.25, 0.3) is 0 Å². The molecule has 3 heteroatoms. The predicted molar refractivity (Wildman–Crippen MR) is 81.8 cm³/mol. The van der Waals surface area contributed by atoms with Crippen molar-refractivity contribution in [2.24, 2.45) is 11.8 Å². The van der Waals surface area contributed by atoms with Crippen molar-refractivity contribution in [2.75, 3.05) is 19.6 Å². The molecule has 0 aromatic heterocycles. The molecule has 0 radical (unpaired) electrons. The molecule has 2 rings (SSSR count). The van der Waals surface area contributed by atoms with E-state index < -0.39 is 5.60 Å². The largest absolute Gasteiger partial charge is 0.361 e. The minimum atomic E-state index is -0.616. The standard InChI is InChI=1S/C17H31NO2/c1-6-7-13-8-10-18(11-9-13)12-14-15(19)17(4,5)20-16(14,2)3/h13-14H,6-12H2,1-5H3. The molecule has 2 aliphatic heterocycles. The summed E-state index contributed by atoms with van der Waals surface area (Å²) in [7, 11) is 0. The smallest absolute Gasteiger partial charge is 0.171 e. The van der Waals surface area contributed by atoms with Gasteiger partial charge in [-0.05, 0) is 59.5 Å². The Bertz CT molecular complexity index is 354. The Kier molecular flexibility index (Phi) is 4.60. The third-order valence-corrected chi connectivity index (χ3v) is 5.11. The number of rotatable bonds is 4. The molecule has 0 spiro atoms. The van der Waals surface area contributed by atoms with E-state index >= 15 is 0 Å². The fraction of sp³-hybridized carbons (Fsp3) is 0.941. The maximum absolute atomic E-state index is 12.5. The Morgan fingerprint density at radius 3 is 2.25 bits per heavy atom. The summed E-state index contributed by atoms with van der Waals surface area (Å²) in [5.74, 6) is 1.19. The third-order valence-electron chi connectivity index (χ3n) is 5.11. The van der Waals surface area contributed by atoms with E-state index in [1.165, 1.54) is 25.7 Å². The molecule has 1 atom stereocenters. The molecule has 0 aliphatic carbocycles. The molecule has 2 fully saturated rings. The minimum absolute atomic E-state index is 0.0141. The molecule has 116 valence electrons. The normalized spacial score (nSPS) is 30.9. The Labute approximate surface area is 124 Å². The first kappa shape index (κ1) is 16.0. The van der Waals surface area contributed by atoms with Crippen LogP contribution >= 0.6 is 0 Å². The third kappa shape index (κ3) is 3.25. The minimum Gasteiger partial charge on any atom is -0.361 e. The molecule has 0 amide bonds. The Hall–Kier alpha value is -0.410. The summed E-state index contributed by atoms with van der Waals surface area (Å²) in [5, 5.41) is 0. The zero-order valence-electron chi connectivity index (χ0n) is 13.9. The van der Waals surface area contributed by atoms with Crippen molar-refractivity contribution in [3.8, 4) is 0 Å². The average molecular weight is 281 g/mol. The molecule has 3 nitrogen and oxygen atoms in total. The van der Waals surface area contributed by atoms with Crippen LogP contribution in [0.3, 0.4) is 0 Å². The molecule has 0 bridgehead atoms. The van der Waals surface area contributed by atoms with E-state index in [1.807, 2.05) is 13.8 Å². The fourth-order valence-corrected chi connectivity index (χ4v) is 3.94. The highest BCUT2D eigenvalue weighted by Crippen LogP contribution is 2.40. The molecule has 0 N–H and O–H groups in total. The van der Waals surface area contributed by atoms with Gasteiger partial charge < -0.3 is 9.64 Å². The summed E-state index contributed by atoms with van der Waals surface area (Å²) >= 11 is 0. The lowest BCUT2D eigenvalue weighted by molar-refractivity contribution is -0.132. The van der Waals surface area contributed by atoms with Gasteiger partial charge in [-0.25, -0.2) is 0 Å². The Morgan fingerprint density at radius 2 is 1.80 bits per heavy atom. The van der Waals surface area contributed by atoms with Gasteiger partial charge in [-0.1, -0.05) is 19.8 Å². The van der Waals surface area contributed by atoms with Gasteiger partial charge in [0.15, 0.2) is 5.78 Å². The summed E-state index contributed by atoms with van der Waals surface area (Å²) in [5.41, 5.74) is -0.949. The zero-order valence-corrected chi connectivity index (χ0v) is 13.9. The first-order valence-corrected chi connectivity index (χ1v) is 8.23. The van der Waals surface area contributed by atoms with Crippen LogP contribution < -0.4 is 0 Å². The predicted octanol–water partition coefficient (Wildman–Crippen LogP) is 3.27. The van der Waals surface area contributed by atoms with Crippen LogP contribution in [0, 0.1) is 11.8 Å². The van der Waals surface area contributed by atoms with Crippen molar-refractivity contribution in [3.63, 3.8) is 0 Å². The average Bonchev–Trinajstić information content (AvgIpc) is 2.50. The van der Waals surface area contributed by atoms with E-state index in [0.717, 1.165) is 25.6 Å². The van der Waals surface area contributed by atoms with Gasteiger partial charge in [0.05, 0.1) is 11.5 Å². The highest BCUT2D eigenvalue weighted by molar-refractivity contribution is 5.91. The maximum atomic E-state index is 12.5. The molecule has 0 aromatic rings. The van der Waals surface area contributed by atoms with Crippen molar-refractivity contribution in [2.45, 2.75) is 71.5 Å². The Balaban J connectivity index is 1.92. The second-order valence-electron chi connectivity index (χ2n) is 7.67. The van der Waals surface area contributed by atoms with Crippen LogP contribution in [0.15, 0.2) is 0 Å². The fourth-order valence-electron chi connectivity index (χ4n) is 3.94. The van der Waals surface area contributed by atoms with Gasteiger partial charge in [-0.3, -0.25) is 4.79 Å². The second kappa shape index (κ2) is 5.76. The number of likely N-dealkylation sites (tertiary alicyclic amines) is 1. The van der Waals surface area contributed by atoms with Crippen LogP contribution in [0.2, 0.25) is 0 Å². The first-order valence-electron chi connectivity index (χ1n) is 8.23. The van der Waals surface area contributed by atoms with E-state index in [1.54, 1.807) is 0 Å². The second-order valence-corrected chi connectivity index (χ2v) is 7.67. The molecule has 20 heavy (non-hydrogen) atoms. The number of carbonyl (C=O) groups excluding carboxylic acids is 1. The summed E-state index contributed by atoms with van der Waals surface area (Å²) in [6.45, 7) is 13.4. The van der Waals surface area contributed by atoms with Gasteiger partial charge >= 0.3 is 0 Å². The zero-order chi connectivity index (χ0) is 15.0. The van der Waals surface area contributed by atoms with Crippen LogP contribution in [0.5, 0.6) is 0 Å². The molecule has 0 aromatic carbocycles. The van der Waals surface area contributed by atoms with Gasteiger partial charge in [-0.15, -0.1) is 0 Å². The first-order chi connectivity index (χ1) is 9.26. The lowest BCUT2D eigenvalue weighted by Crippen LogP contribution is -2.44. The number of carbonyl (C=O) groups is 1. The number of hydrogen-bond donors (Lipinski definition) is 0. The lowest BCUT2D eigenvalue weighted by atomic mass is 9.84. The molecule has 2 aliphatic rings. The van der Waals surface area contributed by atoms with Crippen LogP contribution in [-0.2, 0) is 9.53 Å². The van der Waals surface area contributed by atoms with E-state index in [-0.39, 0.29) is 17.3 Å². The maximum Gasteiger partial charge on any atom is 0.171 e. The van der Waals surface area contributed by atoms with Crippen molar-refractivity contribution < 1.29 is 9.53 Å². The van der Waals surface area contributed by atoms with E-state index in [9.17, 15) is 4.79 Å². The Morgan fingerprint density at radius 1 is 1.20 bits per heavy atom. The summed E-state index contributed by atoms with van der Waals surface area (Å²) in [4.78, 5) is 15.0. The monoisotopic (exact) mass is 281 g/mol. The summed E-state index contributed by atoms with van der Waals surface area (Å²) in [6, 6.07) is 0. The highest BCUT2D eigenvalue weighted by atomic mass is 16.5. The highest BCUT2D eigenvalue weighted by Gasteiger charge is 2.53. The quantitative estimate of drug-likeness (QED) is 0.792. The SMILES string of the molecule is CCCC1CCN(CC2C(=O)C(C)(C)OC2(C)C)CC1.